The van der Waals surface area contributed by atoms with Gasteiger partial charge in [-0.25, -0.2) is 8.42 Å². The van der Waals surface area contributed by atoms with Gasteiger partial charge in [0.1, 0.15) is 9.84 Å². The Balaban J connectivity index is 2.30. The second-order valence-corrected chi connectivity index (χ2v) is 7.68. The minimum atomic E-state index is -3.08. The zero-order valence-corrected chi connectivity index (χ0v) is 13.4. The predicted octanol–water partition coefficient (Wildman–Crippen LogP) is 1.06. The maximum atomic E-state index is 11.7. The highest BCUT2D eigenvalue weighted by Crippen LogP contribution is 2.17. The summed E-state index contributed by atoms with van der Waals surface area (Å²) in [6.07, 6.45) is 2.10. The van der Waals surface area contributed by atoms with Gasteiger partial charge in [0.05, 0.1) is 11.8 Å². The second-order valence-electron chi connectivity index (χ2n) is 5.42. The molecule has 0 fully saturated rings. The van der Waals surface area contributed by atoms with Crippen LogP contribution in [0.1, 0.15) is 31.2 Å². The van der Waals surface area contributed by atoms with Crippen LogP contribution in [0.3, 0.4) is 0 Å². The molecule has 0 saturated carbocycles. The molecular weight excluding hydrogens is 288 g/mol. The minimum absolute atomic E-state index is 0.0675. The van der Waals surface area contributed by atoms with E-state index in [1.54, 1.807) is 0 Å². The van der Waals surface area contributed by atoms with Crippen LogP contribution < -0.4 is 11.1 Å². The van der Waals surface area contributed by atoms with Gasteiger partial charge in [-0.05, 0) is 24.3 Å². The van der Waals surface area contributed by atoms with E-state index in [1.807, 2.05) is 18.2 Å². The highest BCUT2D eigenvalue weighted by atomic mass is 32.2. The van der Waals surface area contributed by atoms with Gasteiger partial charge in [-0.1, -0.05) is 37.3 Å². The highest BCUT2D eigenvalue weighted by Gasteiger charge is 2.15. The normalized spacial score (nSPS) is 14.4. The Hall–Kier alpha value is -1.40. The van der Waals surface area contributed by atoms with Crippen LogP contribution in [-0.4, -0.2) is 38.9 Å². The summed E-state index contributed by atoms with van der Waals surface area (Å²) in [6, 6.07) is 9.30. The lowest BCUT2D eigenvalue weighted by Crippen LogP contribution is -2.42. The Labute approximate surface area is 126 Å². The monoisotopic (exact) mass is 312 g/mol. The fourth-order valence-corrected chi connectivity index (χ4v) is 2.65. The third kappa shape index (κ3) is 7.24. The fraction of sp³-hybridized carbons (Fsp3) is 0.533. The van der Waals surface area contributed by atoms with Gasteiger partial charge in [0, 0.05) is 12.8 Å². The van der Waals surface area contributed by atoms with E-state index in [9.17, 15) is 13.2 Å². The molecule has 1 aromatic carbocycles. The summed E-state index contributed by atoms with van der Waals surface area (Å²) in [7, 11) is -3.08. The second kappa shape index (κ2) is 8.14. The molecule has 0 saturated heterocycles. The molecule has 0 aromatic heterocycles. The van der Waals surface area contributed by atoms with Crippen LogP contribution >= 0.6 is 0 Å². The van der Waals surface area contributed by atoms with Gasteiger partial charge in [0.2, 0.25) is 5.91 Å². The van der Waals surface area contributed by atoms with Crippen molar-refractivity contribution in [1.82, 2.24) is 5.32 Å². The van der Waals surface area contributed by atoms with Crippen LogP contribution in [0.2, 0.25) is 0 Å². The Morgan fingerprint density at radius 1 is 1.24 bits per heavy atom. The van der Waals surface area contributed by atoms with E-state index < -0.39 is 15.9 Å². The van der Waals surface area contributed by atoms with Crippen molar-refractivity contribution in [3.63, 3.8) is 0 Å². The smallest absolute Gasteiger partial charge is 0.236 e. The van der Waals surface area contributed by atoms with Crippen molar-refractivity contribution in [2.45, 2.75) is 31.7 Å². The van der Waals surface area contributed by atoms with Crippen molar-refractivity contribution in [2.24, 2.45) is 5.73 Å². The van der Waals surface area contributed by atoms with Crippen molar-refractivity contribution in [1.29, 1.82) is 0 Å². The standard InChI is InChI=1S/C15H24N2O3S/c1-12(13-6-4-3-5-7-13)8-10-17-15(18)14(16)9-11-21(2,19)20/h3-7,12,14H,8-11,16H2,1-2H3,(H,17,18). The van der Waals surface area contributed by atoms with Crippen LogP contribution in [0.15, 0.2) is 30.3 Å². The van der Waals surface area contributed by atoms with Crippen molar-refractivity contribution < 1.29 is 13.2 Å². The molecule has 0 bridgehead atoms. The number of benzene rings is 1. The molecule has 1 rings (SSSR count). The molecule has 6 heteroatoms. The van der Waals surface area contributed by atoms with Crippen LogP contribution in [0, 0.1) is 0 Å². The predicted molar refractivity (Wildman–Crippen MR) is 84.8 cm³/mol. The molecule has 0 radical (unpaired) electrons. The highest BCUT2D eigenvalue weighted by molar-refractivity contribution is 7.90. The number of amides is 1. The van der Waals surface area contributed by atoms with E-state index in [0.29, 0.717) is 12.5 Å². The van der Waals surface area contributed by atoms with Gasteiger partial charge in [0.15, 0.2) is 0 Å². The molecule has 2 atom stereocenters. The Morgan fingerprint density at radius 3 is 2.43 bits per heavy atom. The number of hydrogen-bond acceptors (Lipinski definition) is 4. The number of nitrogens with one attached hydrogen (secondary N) is 1. The third-order valence-electron chi connectivity index (χ3n) is 3.38. The van der Waals surface area contributed by atoms with Crippen LogP contribution in [0.5, 0.6) is 0 Å². The van der Waals surface area contributed by atoms with Gasteiger partial charge in [0.25, 0.3) is 0 Å². The van der Waals surface area contributed by atoms with Gasteiger partial charge in [-0.2, -0.15) is 0 Å². The molecule has 1 amide bonds. The Morgan fingerprint density at radius 2 is 1.86 bits per heavy atom. The van der Waals surface area contributed by atoms with Crippen LogP contribution in [0.25, 0.3) is 0 Å². The summed E-state index contributed by atoms with van der Waals surface area (Å²) < 4.78 is 22.1. The lowest BCUT2D eigenvalue weighted by atomic mass is 9.98. The molecule has 0 aliphatic carbocycles. The maximum Gasteiger partial charge on any atom is 0.236 e. The SMILES string of the molecule is CC(CCNC(=O)C(N)CCS(C)(=O)=O)c1ccccc1. The average Bonchev–Trinajstić information content (AvgIpc) is 2.44. The molecule has 3 N–H and O–H groups in total. The van der Waals surface area contributed by atoms with E-state index in [4.69, 9.17) is 5.73 Å². The first-order valence-corrected chi connectivity index (χ1v) is 9.11. The molecule has 1 aromatic rings. The minimum Gasteiger partial charge on any atom is -0.355 e. The number of carbonyl (C=O) groups excluding carboxylic acids is 1. The summed E-state index contributed by atoms with van der Waals surface area (Å²) in [5, 5.41) is 2.76. The zero-order valence-electron chi connectivity index (χ0n) is 12.6. The van der Waals surface area contributed by atoms with Crippen LogP contribution in [0.4, 0.5) is 0 Å². The van der Waals surface area contributed by atoms with E-state index in [-0.39, 0.29) is 18.1 Å². The van der Waals surface area contributed by atoms with Crippen molar-refractivity contribution in [3.05, 3.63) is 35.9 Å². The Bertz CT molecular complexity index is 543. The average molecular weight is 312 g/mol. The molecule has 21 heavy (non-hydrogen) atoms. The maximum absolute atomic E-state index is 11.7. The third-order valence-corrected chi connectivity index (χ3v) is 4.36. The molecule has 0 aliphatic heterocycles. The number of rotatable bonds is 8. The molecule has 0 aliphatic rings. The zero-order chi connectivity index (χ0) is 15.9. The van der Waals surface area contributed by atoms with Gasteiger partial charge < -0.3 is 11.1 Å². The molecular formula is C15H24N2O3S. The van der Waals surface area contributed by atoms with E-state index in [1.165, 1.54) is 5.56 Å². The molecule has 118 valence electrons. The van der Waals surface area contributed by atoms with Gasteiger partial charge in [-0.3, -0.25) is 4.79 Å². The fourth-order valence-electron chi connectivity index (χ4n) is 1.96. The molecule has 0 heterocycles. The van der Waals surface area contributed by atoms with Crippen molar-refractivity contribution >= 4 is 15.7 Å². The summed E-state index contributed by atoms with van der Waals surface area (Å²) in [4.78, 5) is 11.7. The first-order valence-electron chi connectivity index (χ1n) is 7.05. The van der Waals surface area contributed by atoms with Crippen LogP contribution in [-0.2, 0) is 14.6 Å². The summed E-state index contributed by atoms with van der Waals surface area (Å²) >= 11 is 0. The lowest BCUT2D eigenvalue weighted by Gasteiger charge is -2.15. The quantitative estimate of drug-likeness (QED) is 0.751. The van der Waals surface area contributed by atoms with E-state index in [2.05, 4.69) is 24.4 Å². The lowest BCUT2D eigenvalue weighted by molar-refractivity contribution is -0.122. The van der Waals surface area contributed by atoms with Gasteiger partial charge >= 0.3 is 0 Å². The number of carbonyl (C=O) groups is 1. The first-order chi connectivity index (χ1) is 9.79. The number of nitrogens with two attached hydrogens (primary N) is 1. The summed E-state index contributed by atoms with van der Waals surface area (Å²) in [6.45, 7) is 2.63. The topological polar surface area (TPSA) is 89.3 Å². The van der Waals surface area contributed by atoms with Gasteiger partial charge in [-0.15, -0.1) is 0 Å². The van der Waals surface area contributed by atoms with E-state index >= 15 is 0 Å². The molecule has 0 spiro atoms. The first kappa shape index (κ1) is 17.7. The summed E-state index contributed by atoms with van der Waals surface area (Å²) in [5.74, 6) is -0.0141. The number of sulfone groups is 1. The molecule has 2 unspecified atom stereocenters. The molecule has 5 nitrogen and oxygen atoms in total. The van der Waals surface area contributed by atoms with Crippen molar-refractivity contribution in [2.75, 3.05) is 18.6 Å². The number of hydrogen-bond donors (Lipinski definition) is 2. The summed E-state index contributed by atoms with van der Waals surface area (Å²) in [5.41, 5.74) is 6.91. The largest absolute Gasteiger partial charge is 0.355 e. The Kier molecular flexibility index (Phi) is 6.84. The van der Waals surface area contributed by atoms with Crippen molar-refractivity contribution in [3.8, 4) is 0 Å². The van der Waals surface area contributed by atoms with E-state index in [0.717, 1.165) is 12.7 Å².